The highest BCUT2D eigenvalue weighted by molar-refractivity contribution is 7.80. The fourth-order valence-electron chi connectivity index (χ4n) is 0.733. The maximum atomic E-state index is 5.25. The minimum atomic E-state index is 0.472. The third kappa shape index (κ3) is 3.25. The molecular formula is C8H11N3OS. The van der Waals surface area contributed by atoms with Crippen molar-refractivity contribution in [2.45, 2.75) is 6.92 Å². The molecule has 0 aliphatic heterocycles. The van der Waals surface area contributed by atoms with E-state index in [1.165, 1.54) is 0 Å². The molecule has 1 rings (SSSR count). The molecule has 2 N–H and O–H groups in total. The summed E-state index contributed by atoms with van der Waals surface area (Å²) in [6.07, 6.45) is 1.57. The van der Waals surface area contributed by atoms with Crippen LogP contribution in [0.25, 0.3) is 0 Å². The lowest BCUT2D eigenvalue weighted by atomic mass is 10.4. The second-order valence-corrected chi connectivity index (χ2v) is 2.81. The number of hydrogen-bond donors (Lipinski definition) is 2. The third-order valence-electron chi connectivity index (χ3n) is 1.35. The highest BCUT2D eigenvalue weighted by Crippen LogP contribution is 2.02. The minimum absolute atomic E-state index is 0.472. The minimum Gasteiger partial charge on any atom is -0.460 e. The first-order valence-corrected chi connectivity index (χ1v) is 4.20. The number of aryl methyl sites for hydroxylation is 1. The molecule has 70 valence electrons. The number of thiocarbonyl (C=S) groups is 1. The number of rotatable bonds is 2. The van der Waals surface area contributed by atoms with Crippen LogP contribution in [-0.4, -0.2) is 18.4 Å². The summed E-state index contributed by atoms with van der Waals surface area (Å²) >= 11 is 4.81. The summed E-state index contributed by atoms with van der Waals surface area (Å²) in [6.45, 7) is 1.88. The predicted molar refractivity (Wildman–Crippen MR) is 55.8 cm³/mol. The number of nitrogens with one attached hydrogen (secondary N) is 2. The molecule has 0 fully saturated rings. The van der Waals surface area contributed by atoms with Gasteiger partial charge in [-0.05, 0) is 31.3 Å². The Balaban J connectivity index is 2.45. The highest BCUT2D eigenvalue weighted by Gasteiger charge is 1.92. The predicted octanol–water partition coefficient (Wildman–Crippen LogP) is 1.02. The lowest BCUT2D eigenvalue weighted by Crippen LogP contribution is -2.28. The van der Waals surface area contributed by atoms with Gasteiger partial charge in [0.2, 0.25) is 0 Å². The highest BCUT2D eigenvalue weighted by atomic mass is 32.1. The largest absolute Gasteiger partial charge is 0.460 e. The summed E-state index contributed by atoms with van der Waals surface area (Å²) < 4.78 is 5.25. The number of hydrazone groups is 1. The summed E-state index contributed by atoms with van der Waals surface area (Å²) in [5.74, 6) is 1.56. The van der Waals surface area contributed by atoms with Crippen molar-refractivity contribution in [2.75, 3.05) is 7.05 Å². The summed E-state index contributed by atoms with van der Waals surface area (Å²) in [5, 5.41) is 7.06. The molecule has 0 radical (unpaired) electrons. The van der Waals surface area contributed by atoms with Gasteiger partial charge in [0.1, 0.15) is 11.5 Å². The third-order valence-corrected chi connectivity index (χ3v) is 1.64. The van der Waals surface area contributed by atoms with Crippen LogP contribution in [-0.2, 0) is 0 Å². The van der Waals surface area contributed by atoms with Gasteiger partial charge in [-0.25, -0.2) is 0 Å². The van der Waals surface area contributed by atoms with Gasteiger partial charge >= 0.3 is 0 Å². The van der Waals surface area contributed by atoms with Crippen molar-refractivity contribution < 1.29 is 4.42 Å². The Morgan fingerprint density at radius 1 is 1.62 bits per heavy atom. The standard InChI is InChI=1S/C8H11N3OS/c1-6-3-4-7(12-6)5-10-11-8(13)9-2/h3-5H,1-2H3,(H2,9,11,13)/b10-5-. The molecule has 5 heteroatoms. The zero-order valence-electron chi connectivity index (χ0n) is 7.50. The van der Waals surface area contributed by atoms with Crippen molar-refractivity contribution >= 4 is 23.5 Å². The van der Waals surface area contributed by atoms with Crippen LogP contribution in [0.1, 0.15) is 11.5 Å². The van der Waals surface area contributed by atoms with Crippen molar-refractivity contribution in [2.24, 2.45) is 5.10 Å². The van der Waals surface area contributed by atoms with Crippen LogP contribution in [0.15, 0.2) is 21.7 Å². The molecule has 0 aromatic carbocycles. The maximum Gasteiger partial charge on any atom is 0.186 e. The van der Waals surface area contributed by atoms with E-state index in [0.29, 0.717) is 10.9 Å². The second-order valence-electron chi connectivity index (χ2n) is 2.40. The Hall–Kier alpha value is -1.36. The average molecular weight is 197 g/mol. The van der Waals surface area contributed by atoms with Crippen LogP contribution < -0.4 is 10.7 Å². The Morgan fingerprint density at radius 3 is 2.92 bits per heavy atom. The molecule has 0 aliphatic carbocycles. The van der Waals surface area contributed by atoms with Crippen molar-refractivity contribution in [3.05, 3.63) is 23.7 Å². The van der Waals surface area contributed by atoms with Crippen LogP contribution in [0.3, 0.4) is 0 Å². The van der Waals surface area contributed by atoms with Gasteiger partial charge in [0.25, 0.3) is 0 Å². The van der Waals surface area contributed by atoms with E-state index in [9.17, 15) is 0 Å². The second kappa shape index (κ2) is 4.61. The lowest BCUT2D eigenvalue weighted by Gasteiger charge is -1.97. The quantitative estimate of drug-likeness (QED) is 0.422. The molecule has 0 unspecified atom stereocenters. The first-order chi connectivity index (χ1) is 6.22. The van der Waals surface area contributed by atoms with Crippen molar-refractivity contribution in [1.29, 1.82) is 0 Å². The Morgan fingerprint density at radius 2 is 2.38 bits per heavy atom. The number of hydrogen-bond acceptors (Lipinski definition) is 3. The summed E-state index contributed by atoms with van der Waals surface area (Å²) in [6, 6.07) is 3.71. The Bertz CT molecular complexity index is 319. The van der Waals surface area contributed by atoms with Gasteiger partial charge in [-0.3, -0.25) is 5.43 Å². The van der Waals surface area contributed by atoms with Crippen LogP contribution in [0.2, 0.25) is 0 Å². The van der Waals surface area contributed by atoms with E-state index < -0.39 is 0 Å². The fraction of sp³-hybridized carbons (Fsp3) is 0.250. The molecule has 0 saturated carbocycles. The molecular weight excluding hydrogens is 186 g/mol. The van der Waals surface area contributed by atoms with Gasteiger partial charge in [-0.15, -0.1) is 0 Å². The van der Waals surface area contributed by atoms with E-state index in [2.05, 4.69) is 15.8 Å². The van der Waals surface area contributed by atoms with Gasteiger partial charge in [0, 0.05) is 7.05 Å². The van der Waals surface area contributed by atoms with Crippen LogP contribution >= 0.6 is 12.2 Å². The van der Waals surface area contributed by atoms with Crippen molar-refractivity contribution in [3.8, 4) is 0 Å². The summed E-state index contributed by atoms with van der Waals surface area (Å²) in [7, 11) is 1.72. The van der Waals surface area contributed by atoms with Gasteiger partial charge in [-0.2, -0.15) is 5.10 Å². The molecule has 1 aromatic rings. The molecule has 13 heavy (non-hydrogen) atoms. The normalized spacial score (nSPS) is 10.3. The average Bonchev–Trinajstić information content (AvgIpc) is 2.51. The van der Waals surface area contributed by atoms with Crippen LogP contribution in [0.5, 0.6) is 0 Å². The SMILES string of the molecule is CNC(=S)N/N=C\c1ccc(C)o1. The Kier molecular flexibility index (Phi) is 3.45. The van der Waals surface area contributed by atoms with Gasteiger partial charge in [0.05, 0.1) is 6.21 Å². The molecule has 0 amide bonds. The molecule has 1 heterocycles. The Labute approximate surface area is 82.0 Å². The van der Waals surface area contributed by atoms with Crippen LogP contribution in [0, 0.1) is 6.92 Å². The first-order valence-electron chi connectivity index (χ1n) is 3.79. The summed E-state index contributed by atoms with van der Waals surface area (Å²) in [5.41, 5.74) is 2.62. The van der Waals surface area contributed by atoms with Crippen molar-refractivity contribution in [1.82, 2.24) is 10.7 Å². The number of furan rings is 1. The van der Waals surface area contributed by atoms with Gasteiger partial charge < -0.3 is 9.73 Å². The van der Waals surface area contributed by atoms with E-state index >= 15 is 0 Å². The van der Waals surface area contributed by atoms with Gasteiger partial charge in [0.15, 0.2) is 5.11 Å². The lowest BCUT2D eigenvalue weighted by molar-refractivity contribution is 0.527. The number of nitrogens with zero attached hydrogens (tertiary/aromatic N) is 1. The van der Waals surface area contributed by atoms with E-state index in [0.717, 1.165) is 5.76 Å². The topological polar surface area (TPSA) is 49.6 Å². The smallest absolute Gasteiger partial charge is 0.186 e. The monoisotopic (exact) mass is 197 g/mol. The van der Waals surface area contributed by atoms with E-state index in [4.69, 9.17) is 16.6 Å². The van der Waals surface area contributed by atoms with E-state index in [-0.39, 0.29) is 0 Å². The fourth-order valence-corrected chi connectivity index (χ4v) is 0.786. The zero-order valence-corrected chi connectivity index (χ0v) is 8.31. The zero-order chi connectivity index (χ0) is 9.68. The van der Waals surface area contributed by atoms with Crippen molar-refractivity contribution in [3.63, 3.8) is 0 Å². The molecule has 4 nitrogen and oxygen atoms in total. The van der Waals surface area contributed by atoms with Gasteiger partial charge in [-0.1, -0.05) is 0 Å². The molecule has 0 bridgehead atoms. The molecule has 0 saturated heterocycles. The van der Waals surface area contributed by atoms with E-state index in [1.807, 2.05) is 19.1 Å². The molecule has 0 atom stereocenters. The molecule has 0 spiro atoms. The summed E-state index contributed by atoms with van der Waals surface area (Å²) in [4.78, 5) is 0. The maximum absolute atomic E-state index is 5.25. The molecule has 1 aromatic heterocycles. The first kappa shape index (κ1) is 9.73. The van der Waals surface area contributed by atoms with E-state index in [1.54, 1.807) is 13.3 Å². The molecule has 0 aliphatic rings. The van der Waals surface area contributed by atoms with Crippen LogP contribution in [0.4, 0.5) is 0 Å².